The molecular formula is C12H7ClF3NO2. The summed E-state index contributed by atoms with van der Waals surface area (Å²) < 4.78 is 39.7. The van der Waals surface area contributed by atoms with Gasteiger partial charge in [-0.15, -0.1) is 13.2 Å². The molecule has 0 unspecified atom stereocenters. The molecule has 1 aromatic heterocycles. The summed E-state index contributed by atoms with van der Waals surface area (Å²) in [4.78, 5) is 14.0. The first-order valence-corrected chi connectivity index (χ1v) is 5.47. The van der Waals surface area contributed by atoms with E-state index in [0.29, 0.717) is 10.6 Å². The fraction of sp³-hybridized carbons (Fsp3) is 0.0833. The summed E-state index contributed by atoms with van der Waals surface area (Å²) in [6.45, 7) is 0. The second-order valence-corrected chi connectivity index (χ2v) is 4.07. The van der Waals surface area contributed by atoms with E-state index in [2.05, 4.69) is 9.72 Å². The van der Waals surface area contributed by atoms with Gasteiger partial charge in [-0.3, -0.25) is 4.79 Å². The summed E-state index contributed by atoms with van der Waals surface area (Å²) in [6.07, 6.45) is -3.41. The Hall–Kier alpha value is -1.95. The molecule has 0 saturated carbocycles. The van der Waals surface area contributed by atoms with Gasteiger partial charge in [0.1, 0.15) is 5.75 Å². The molecule has 0 atom stereocenters. The molecule has 2 aromatic rings. The Balaban J connectivity index is 2.33. The van der Waals surface area contributed by atoms with Gasteiger partial charge in [-0.2, -0.15) is 0 Å². The third kappa shape index (κ3) is 3.51. The van der Waals surface area contributed by atoms with E-state index in [-0.39, 0.29) is 16.9 Å². The lowest BCUT2D eigenvalue weighted by molar-refractivity contribution is -0.274. The smallest absolute Gasteiger partial charge is 0.406 e. The third-order valence-corrected chi connectivity index (χ3v) is 2.49. The summed E-state index contributed by atoms with van der Waals surface area (Å²) in [5.41, 5.74) is 0.332. The molecule has 0 radical (unpaired) electrons. The van der Waals surface area contributed by atoms with Gasteiger partial charge >= 0.3 is 6.36 Å². The van der Waals surface area contributed by atoms with Gasteiger partial charge in [0.05, 0.1) is 5.02 Å². The lowest BCUT2D eigenvalue weighted by atomic mass is 10.1. The van der Waals surface area contributed by atoms with Gasteiger partial charge in [0.2, 0.25) is 0 Å². The van der Waals surface area contributed by atoms with Crippen molar-refractivity contribution in [1.82, 2.24) is 4.98 Å². The number of benzene rings is 1. The van der Waals surface area contributed by atoms with Crippen LogP contribution in [0.5, 0.6) is 5.75 Å². The second-order valence-electron chi connectivity index (χ2n) is 3.63. The maximum atomic E-state index is 12.0. The Morgan fingerprint density at radius 1 is 1.16 bits per heavy atom. The molecule has 0 fully saturated rings. The van der Waals surface area contributed by atoms with E-state index in [0.717, 1.165) is 12.1 Å². The zero-order valence-electron chi connectivity index (χ0n) is 9.29. The number of H-pyrrole nitrogens is 1. The number of hydrogen-bond donors (Lipinski definition) is 1. The molecule has 0 spiro atoms. The minimum Gasteiger partial charge on any atom is -0.406 e. The Labute approximate surface area is 110 Å². The molecule has 2 rings (SSSR count). The van der Waals surface area contributed by atoms with Crippen LogP contribution in [0.1, 0.15) is 0 Å². The van der Waals surface area contributed by atoms with Crippen LogP contribution in [0.4, 0.5) is 13.2 Å². The first kappa shape index (κ1) is 13.5. The van der Waals surface area contributed by atoms with Crippen molar-refractivity contribution >= 4 is 11.6 Å². The summed E-state index contributed by atoms with van der Waals surface area (Å²) in [7, 11) is 0. The van der Waals surface area contributed by atoms with Gasteiger partial charge in [-0.05, 0) is 23.8 Å². The standard InChI is InChI=1S/C12H7ClF3NO2/c13-8-5-10(11(18)17-6-8)7-1-3-9(4-2-7)19-12(14,15)16/h1-6H,(H,17,18). The highest BCUT2D eigenvalue weighted by molar-refractivity contribution is 6.30. The van der Waals surface area contributed by atoms with Crippen molar-refractivity contribution in [2.24, 2.45) is 0 Å². The highest BCUT2D eigenvalue weighted by Crippen LogP contribution is 2.25. The Morgan fingerprint density at radius 2 is 1.79 bits per heavy atom. The van der Waals surface area contributed by atoms with Crippen LogP contribution >= 0.6 is 11.6 Å². The first-order valence-electron chi connectivity index (χ1n) is 5.09. The van der Waals surface area contributed by atoms with Gasteiger partial charge in [-0.25, -0.2) is 0 Å². The minimum atomic E-state index is -4.74. The van der Waals surface area contributed by atoms with Crippen LogP contribution in [-0.4, -0.2) is 11.3 Å². The SMILES string of the molecule is O=c1[nH]cc(Cl)cc1-c1ccc(OC(F)(F)F)cc1. The van der Waals surface area contributed by atoms with Crippen LogP contribution in [0.3, 0.4) is 0 Å². The zero-order valence-corrected chi connectivity index (χ0v) is 10.0. The van der Waals surface area contributed by atoms with Crippen LogP contribution in [-0.2, 0) is 0 Å². The number of halogens is 4. The molecular weight excluding hydrogens is 283 g/mol. The number of nitrogens with one attached hydrogen (secondary N) is 1. The molecule has 19 heavy (non-hydrogen) atoms. The van der Waals surface area contributed by atoms with Crippen LogP contribution in [0.2, 0.25) is 5.02 Å². The van der Waals surface area contributed by atoms with E-state index in [1.165, 1.54) is 24.4 Å². The predicted molar refractivity (Wildman–Crippen MR) is 64.2 cm³/mol. The van der Waals surface area contributed by atoms with Crippen molar-refractivity contribution in [3.8, 4) is 16.9 Å². The Bertz CT molecular complexity index is 635. The number of ether oxygens (including phenoxy) is 1. The normalized spacial score (nSPS) is 11.4. The molecule has 100 valence electrons. The molecule has 0 bridgehead atoms. The molecule has 1 N–H and O–H groups in total. The van der Waals surface area contributed by atoms with E-state index in [4.69, 9.17) is 11.6 Å². The highest BCUT2D eigenvalue weighted by atomic mass is 35.5. The molecule has 7 heteroatoms. The lowest BCUT2D eigenvalue weighted by Gasteiger charge is -2.09. The number of rotatable bonds is 2. The fourth-order valence-corrected chi connectivity index (χ4v) is 1.67. The van der Waals surface area contributed by atoms with E-state index in [1.807, 2.05) is 0 Å². The average Bonchev–Trinajstić information content (AvgIpc) is 2.31. The van der Waals surface area contributed by atoms with Crippen LogP contribution in [0.15, 0.2) is 41.3 Å². The molecule has 0 aliphatic rings. The average molecular weight is 290 g/mol. The van der Waals surface area contributed by atoms with Gasteiger partial charge in [0.15, 0.2) is 0 Å². The summed E-state index contributed by atoms with van der Waals surface area (Å²) in [5.74, 6) is -0.352. The van der Waals surface area contributed by atoms with Crippen LogP contribution in [0, 0.1) is 0 Å². The quantitative estimate of drug-likeness (QED) is 0.918. The van der Waals surface area contributed by atoms with Crippen molar-refractivity contribution in [2.45, 2.75) is 6.36 Å². The highest BCUT2D eigenvalue weighted by Gasteiger charge is 2.30. The Morgan fingerprint density at radius 3 is 2.37 bits per heavy atom. The molecule has 0 amide bonds. The maximum Gasteiger partial charge on any atom is 0.573 e. The summed E-state index contributed by atoms with van der Waals surface area (Å²) in [5, 5.41) is 0.324. The monoisotopic (exact) mass is 289 g/mol. The van der Waals surface area contributed by atoms with Gasteiger partial charge < -0.3 is 9.72 Å². The van der Waals surface area contributed by atoms with E-state index < -0.39 is 6.36 Å². The number of aromatic amines is 1. The molecule has 0 aliphatic carbocycles. The summed E-state index contributed by atoms with van der Waals surface area (Å²) in [6, 6.07) is 6.39. The van der Waals surface area contributed by atoms with Crippen molar-refractivity contribution < 1.29 is 17.9 Å². The third-order valence-electron chi connectivity index (χ3n) is 2.27. The van der Waals surface area contributed by atoms with Crippen LogP contribution in [0.25, 0.3) is 11.1 Å². The fourth-order valence-electron chi connectivity index (χ4n) is 1.51. The van der Waals surface area contributed by atoms with E-state index in [9.17, 15) is 18.0 Å². The maximum absolute atomic E-state index is 12.0. The van der Waals surface area contributed by atoms with Crippen molar-refractivity contribution in [1.29, 1.82) is 0 Å². The molecule has 3 nitrogen and oxygen atoms in total. The van der Waals surface area contributed by atoms with Crippen molar-refractivity contribution in [2.75, 3.05) is 0 Å². The van der Waals surface area contributed by atoms with Gasteiger partial charge in [-0.1, -0.05) is 23.7 Å². The lowest BCUT2D eigenvalue weighted by Crippen LogP contribution is -2.17. The molecule has 0 aliphatic heterocycles. The van der Waals surface area contributed by atoms with Gasteiger partial charge in [0, 0.05) is 11.8 Å². The van der Waals surface area contributed by atoms with Crippen LogP contribution < -0.4 is 10.3 Å². The molecule has 1 aromatic carbocycles. The largest absolute Gasteiger partial charge is 0.573 e. The predicted octanol–water partition coefficient (Wildman–Crippen LogP) is 3.59. The number of hydrogen-bond acceptors (Lipinski definition) is 2. The van der Waals surface area contributed by atoms with Crippen molar-refractivity contribution in [3.05, 3.63) is 51.9 Å². The number of alkyl halides is 3. The molecule has 1 heterocycles. The summed E-state index contributed by atoms with van der Waals surface area (Å²) >= 11 is 5.74. The zero-order chi connectivity index (χ0) is 14.0. The van der Waals surface area contributed by atoms with Gasteiger partial charge in [0.25, 0.3) is 5.56 Å². The first-order chi connectivity index (χ1) is 8.85. The minimum absolute atomic E-state index is 0.269. The van der Waals surface area contributed by atoms with E-state index >= 15 is 0 Å². The second kappa shape index (κ2) is 4.97. The topological polar surface area (TPSA) is 42.1 Å². The molecule has 0 saturated heterocycles. The number of aromatic nitrogens is 1. The Kier molecular flexibility index (Phi) is 3.53. The van der Waals surface area contributed by atoms with Crippen molar-refractivity contribution in [3.63, 3.8) is 0 Å². The number of pyridine rings is 1. The van der Waals surface area contributed by atoms with E-state index in [1.54, 1.807) is 0 Å².